The van der Waals surface area contributed by atoms with Crippen LogP contribution in [0.5, 0.6) is 11.5 Å². The molecule has 2 aromatic carbocycles. The summed E-state index contributed by atoms with van der Waals surface area (Å²) in [7, 11) is 0. The van der Waals surface area contributed by atoms with Gasteiger partial charge in [-0.2, -0.15) is 0 Å². The van der Waals surface area contributed by atoms with Gasteiger partial charge in [-0.15, -0.1) is 0 Å². The van der Waals surface area contributed by atoms with Gasteiger partial charge in [0.05, 0.1) is 31.4 Å². The van der Waals surface area contributed by atoms with Crippen molar-refractivity contribution in [3.8, 4) is 11.5 Å². The number of nitrogens with one attached hydrogen (secondary N) is 5. The molecule has 0 aliphatic carbocycles. The molecule has 0 saturated carbocycles. The Labute approximate surface area is 295 Å². The molecule has 0 fully saturated rings. The Bertz CT molecular complexity index is 1400. The molecule has 12 nitrogen and oxygen atoms in total. The largest absolute Gasteiger partial charge is 0.494 e. The number of fused-ring (bicyclic) bond motifs is 25. The van der Waals surface area contributed by atoms with Crippen molar-refractivity contribution in [3.05, 3.63) is 59.7 Å². The molecule has 4 heterocycles. The normalized spacial score (nSPS) is 24.4. The number of carbonyl (C=O) groups is 4. The summed E-state index contributed by atoms with van der Waals surface area (Å²) in [6, 6.07) is 11.9. The number of amides is 4. The van der Waals surface area contributed by atoms with E-state index in [1.807, 2.05) is 76.2 Å². The summed E-state index contributed by atoms with van der Waals surface area (Å²) in [4.78, 5) is 53.5. The highest BCUT2D eigenvalue weighted by molar-refractivity contribution is 5.90. The first-order valence-electron chi connectivity index (χ1n) is 18.1. The monoisotopic (exact) mass is 693 g/mol. The van der Waals surface area contributed by atoms with E-state index < -0.39 is 30.3 Å². The van der Waals surface area contributed by atoms with Gasteiger partial charge in [0.2, 0.25) is 23.6 Å². The molecular weight excluding hydrogens is 638 g/mol. The van der Waals surface area contributed by atoms with Gasteiger partial charge in [-0.1, -0.05) is 58.4 Å². The summed E-state index contributed by atoms with van der Waals surface area (Å²) in [5, 5.41) is 26.7. The molecule has 12 heteroatoms. The van der Waals surface area contributed by atoms with Gasteiger partial charge in [0.25, 0.3) is 0 Å². The topological polar surface area (TPSA) is 167 Å². The van der Waals surface area contributed by atoms with Crippen LogP contribution in [-0.4, -0.2) is 85.3 Å². The summed E-state index contributed by atoms with van der Waals surface area (Å²) in [6.45, 7) is 8.92. The van der Waals surface area contributed by atoms with Crippen LogP contribution >= 0.6 is 0 Å². The van der Waals surface area contributed by atoms with E-state index in [1.54, 1.807) is 0 Å². The number of benzene rings is 2. The van der Waals surface area contributed by atoms with Gasteiger partial charge in [-0.3, -0.25) is 19.2 Å². The number of hydrogen-bond acceptors (Lipinski definition) is 8. The van der Waals surface area contributed by atoms with Crippen molar-refractivity contribution in [2.75, 3.05) is 26.3 Å². The Balaban J connectivity index is 1.57. The van der Waals surface area contributed by atoms with Crippen molar-refractivity contribution in [2.24, 2.45) is 11.8 Å². The lowest BCUT2D eigenvalue weighted by Crippen LogP contribution is -2.58. The standard InChI is InChI=1S/C38H55N5O7/c1-5-25(4)35-37(47)39-18-8-20-50-29-16-12-27(13-17-29)22-31(36(46)43-35)40-23-32(44)30-21-26-10-14-28(15-11-26)49-19-7-6-9-33(45)42-34(24(2)3)38(48)41-30/h10-17,24-25,30-32,34-35,40,44H,5-9,18-23H2,1-4H3,(H,39,47)(H,41,48)(H,42,45)(H,43,46)/t25-,30-,31-,32+,34-,35-/m0/s1. The second kappa shape index (κ2) is 19.3. The zero-order valence-corrected chi connectivity index (χ0v) is 29.8. The van der Waals surface area contributed by atoms with Crippen molar-refractivity contribution in [3.63, 3.8) is 0 Å². The first kappa shape index (κ1) is 38.6. The highest BCUT2D eigenvalue weighted by Gasteiger charge is 2.32. The zero-order chi connectivity index (χ0) is 36.0. The molecule has 6 atom stereocenters. The maximum Gasteiger partial charge on any atom is 0.243 e. The molecule has 2 aromatic rings. The van der Waals surface area contributed by atoms with Gasteiger partial charge in [0, 0.05) is 19.5 Å². The van der Waals surface area contributed by atoms with E-state index in [0.29, 0.717) is 63.4 Å². The third kappa shape index (κ3) is 11.7. The van der Waals surface area contributed by atoms with E-state index in [2.05, 4.69) is 26.6 Å². The van der Waals surface area contributed by atoms with Gasteiger partial charge in [-0.25, -0.2) is 0 Å². The quantitative estimate of drug-likeness (QED) is 0.257. The number of rotatable bonds is 7. The molecule has 6 rings (SSSR count). The zero-order valence-electron chi connectivity index (χ0n) is 29.8. The molecule has 0 saturated heterocycles. The van der Waals surface area contributed by atoms with Crippen LogP contribution in [0.4, 0.5) is 0 Å². The van der Waals surface area contributed by atoms with Gasteiger partial charge < -0.3 is 41.2 Å². The van der Waals surface area contributed by atoms with Crippen molar-refractivity contribution < 1.29 is 33.8 Å². The molecule has 4 bridgehead atoms. The molecule has 274 valence electrons. The van der Waals surface area contributed by atoms with E-state index in [1.165, 1.54) is 0 Å². The van der Waals surface area contributed by atoms with Crippen molar-refractivity contribution in [1.29, 1.82) is 0 Å². The smallest absolute Gasteiger partial charge is 0.243 e. The van der Waals surface area contributed by atoms with Crippen LogP contribution in [0.3, 0.4) is 0 Å². The minimum atomic E-state index is -1.12. The minimum absolute atomic E-state index is 0.0374. The molecule has 4 aliphatic rings. The van der Waals surface area contributed by atoms with Gasteiger partial charge in [-0.05, 0) is 79.3 Å². The average molecular weight is 694 g/mol. The van der Waals surface area contributed by atoms with Gasteiger partial charge >= 0.3 is 0 Å². The first-order valence-corrected chi connectivity index (χ1v) is 18.1. The fourth-order valence-electron chi connectivity index (χ4n) is 6.05. The van der Waals surface area contributed by atoms with Crippen LogP contribution in [0.25, 0.3) is 0 Å². The van der Waals surface area contributed by atoms with Crippen LogP contribution in [-0.2, 0) is 32.0 Å². The van der Waals surface area contributed by atoms with E-state index in [9.17, 15) is 24.3 Å². The molecule has 4 amide bonds. The van der Waals surface area contributed by atoms with E-state index >= 15 is 0 Å². The summed E-state index contributed by atoms with van der Waals surface area (Å²) < 4.78 is 11.7. The van der Waals surface area contributed by atoms with E-state index in [-0.39, 0.29) is 54.9 Å². The van der Waals surface area contributed by atoms with Crippen LogP contribution in [0, 0.1) is 11.8 Å². The van der Waals surface area contributed by atoms with Gasteiger partial charge in [0.1, 0.15) is 23.6 Å². The number of aliphatic hydroxyl groups excluding tert-OH is 1. The van der Waals surface area contributed by atoms with Crippen molar-refractivity contribution in [1.82, 2.24) is 26.6 Å². The second-order valence-electron chi connectivity index (χ2n) is 13.8. The van der Waals surface area contributed by atoms with Crippen LogP contribution < -0.4 is 36.1 Å². The molecule has 0 radical (unpaired) electrons. The number of hydrogen-bond donors (Lipinski definition) is 6. The highest BCUT2D eigenvalue weighted by Crippen LogP contribution is 2.18. The van der Waals surface area contributed by atoms with Crippen LogP contribution in [0.1, 0.15) is 70.9 Å². The number of aliphatic hydroxyl groups is 1. The first-order chi connectivity index (χ1) is 24.0. The molecule has 0 spiro atoms. The van der Waals surface area contributed by atoms with E-state index in [0.717, 1.165) is 11.1 Å². The maximum absolute atomic E-state index is 13.9. The second-order valence-corrected chi connectivity index (χ2v) is 13.8. The summed E-state index contributed by atoms with van der Waals surface area (Å²) in [6.07, 6.45) is 2.37. The number of carbonyl (C=O) groups excluding carboxylic acids is 4. The Morgan fingerprint density at radius 2 is 1.38 bits per heavy atom. The predicted octanol–water partition coefficient (Wildman–Crippen LogP) is 2.41. The fourth-order valence-corrected chi connectivity index (χ4v) is 6.05. The Morgan fingerprint density at radius 1 is 0.760 bits per heavy atom. The third-order valence-electron chi connectivity index (χ3n) is 9.44. The Hall–Kier alpha value is -4.16. The molecule has 50 heavy (non-hydrogen) atoms. The fraction of sp³-hybridized carbons (Fsp3) is 0.579. The minimum Gasteiger partial charge on any atom is -0.494 e. The van der Waals surface area contributed by atoms with Crippen molar-refractivity contribution >= 4 is 23.6 Å². The molecule has 4 aliphatic heterocycles. The van der Waals surface area contributed by atoms with Crippen LogP contribution in [0.2, 0.25) is 0 Å². The molecular formula is C38H55N5O7. The van der Waals surface area contributed by atoms with E-state index in [4.69, 9.17) is 9.47 Å². The maximum atomic E-state index is 13.9. The summed E-state index contributed by atoms with van der Waals surface area (Å²) >= 11 is 0. The molecule has 0 aromatic heterocycles. The average Bonchev–Trinajstić information content (AvgIpc) is 3.10. The lowest BCUT2D eigenvalue weighted by molar-refractivity contribution is -0.131. The highest BCUT2D eigenvalue weighted by atomic mass is 16.5. The van der Waals surface area contributed by atoms with Gasteiger partial charge in [0.15, 0.2) is 0 Å². The molecule has 6 N–H and O–H groups in total. The third-order valence-corrected chi connectivity index (χ3v) is 9.44. The molecule has 0 unspecified atom stereocenters. The SMILES string of the molecule is CC[C@H](C)[C@@H]1NC(=O)[C@@H](NC[C@@H](O)[C@@H]2Cc3ccc(cc3)OCCCCC(=O)N[C@@H](C(C)C)C(=O)N2)Cc2ccc(cc2)OCCCNC1=O. The number of ether oxygens (including phenoxy) is 2. The lowest BCUT2D eigenvalue weighted by Gasteiger charge is -2.30. The Kier molecular flexibility index (Phi) is 14.9. The predicted molar refractivity (Wildman–Crippen MR) is 191 cm³/mol. The van der Waals surface area contributed by atoms with Crippen LogP contribution in [0.15, 0.2) is 48.5 Å². The summed E-state index contributed by atoms with van der Waals surface area (Å²) in [5.41, 5.74) is 1.74. The van der Waals surface area contributed by atoms with Crippen molar-refractivity contribution in [2.45, 2.75) is 103 Å². The summed E-state index contributed by atoms with van der Waals surface area (Å²) in [5.74, 6) is -0.132. The lowest BCUT2D eigenvalue weighted by atomic mass is 9.96. The Morgan fingerprint density at radius 3 is 2.00 bits per heavy atom.